The van der Waals surface area contributed by atoms with Crippen molar-refractivity contribution in [3.8, 4) is 0 Å². The third kappa shape index (κ3) is 5.97. The maximum absolute atomic E-state index is 5.67. The third-order valence-corrected chi connectivity index (χ3v) is 4.52. The molecule has 0 radical (unpaired) electrons. The second kappa shape index (κ2) is 9.57. The van der Waals surface area contributed by atoms with Crippen LogP contribution in [0.3, 0.4) is 0 Å². The van der Waals surface area contributed by atoms with Crippen LogP contribution in [0.5, 0.6) is 0 Å². The molecule has 148 valence electrons. The fraction of sp³-hybridized carbons (Fsp3) is 0.400. The number of rotatable bonds is 4. The second-order valence-electron chi connectivity index (χ2n) is 6.82. The molecule has 1 saturated heterocycles. The van der Waals surface area contributed by atoms with E-state index in [-0.39, 0.29) is 6.10 Å². The predicted molar refractivity (Wildman–Crippen MR) is 117 cm³/mol. The summed E-state index contributed by atoms with van der Waals surface area (Å²) in [7, 11) is 0. The Morgan fingerprint density at radius 1 is 1.18 bits per heavy atom. The van der Waals surface area contributed by atoms with Gasteiger partial charge in [0.25, 0.3) is 0 Å². The molecule has 1 aliphatic rings. The maximum Gasteiger partial charge on any atom is 0.229 e. The van der Waals surface area contributed by atoms with Crippen molar-refractivity contribution >= 4 is 34.9 Å². The molecule has 2 aromatic rings. The summed E-state index contributed by atoms with van der Waals surface area (Å²) in [6.45, 7) is 7.23. The lowest BCUT2D eigenvalue weighted by molar-refractivity contribution is 0.118. The smallest absolute Gasteiger partial charge is 0.229 e. The van der Waals surface area contributed by atoms with Crippen LogP contribution in [0.4, 0.5) is 11.6 Å². The molecule has 3 N–H and O–H groups in total. The van der Waals surface area contributed by atoms with E-state index >= 15 is 0 Å². The molecule has 2 heterocycles. The second-order valence-corrected chi connectivity index (χ2v) is 7.23. The summed E-state index contributed by atoms with van der Waals surface area (Å²) in [6.07, 6.45) is 2.23. The molecule has 1 unspecified atom stereocenters. The number of aliphatic imine (C=N–C) groups is 1. The molecule has 1 atom stereocenters. The van der Waals surface area contributed by atoms with Gasteiger partial charge in [-0.2, -0.15) is 0 Å². The Kier molecular flexibility index (Phi) is 6.89. The first-order chi connectivity index (χ1) is 13.5. The summed E-state index contributed by atoms with van der Waals surface area (Å²) in [5.74, 6) is 0.973. The lowest BCUT2D eigenvalue weighted by Gasteiger charge is -2.16. The first-order valence-corrected chi connectivity index (χ1v) is 9.79. The Bertz CT molecular complexity index is 843. The van der Waals surface area contributed by atoms with Crippen molar-refractivity contribution in [2.45, 2.75) is 39.7 Å². The zero-order valence-corrected chi connectivity index (χ0v) is 17.3. The van der Waals surface area contributed by atoms with Gasteiger partial charge in [0.05, 0.1) is 12.6 Å². The van der Waals surface area contributed by atoms with Gasteiger partial charge in [0, 0.05) is 23.7 Å². The number of aryl methyl sites for hydroxylation is 3. The van der Waals surface area contributed by atoms with Gasteiger partial charge in [0.1, 0.15) is 0 Å². The van der Waals surface area contributed by atoms with Crippen molar-refractivity contribution in [2.75, 3.05) is 23.8 Å². The number of nitrogens with zero attached hydrogens (tertiary/aromatic N) is 3. The van der Waals surface area contributed by atoms with Crippen molar-refractivity contribution < 1.29 is 4.74 Å². The van der Waals surface area contributed by atoms with Crippen LogP contribution in [0.15, 0.2) is 35.3 Å². The minimum atomic E-state index is 0.136. The minimum absolute atomic E-state index is 0.136. The molecule has 28 heavy (non-hydrogen) atoms. The van der Waals surface area contributed by atoms with Gasteiger partial charge in [-0.3, -0.25) is 5.32 Å². The average Bonchev–Trinajstić information content (AvgIpc) is 3.14. The van der Waals surface area contributed by atoms with Crippen LogP contribution in [-0.4, -0.2) is 40.3 Å². The van der Waals surface area contributed by atoms with Crippen molar-refractivity contribution in [1.82, 2.24) is 15.3 Å². The zero-order valence-electron chi connectivity index (χ0n) is 16.5. The number of benzene rings is 1. The summed E-state index contributed by atoms with van der Waals surface area (Å²) >= 11 is 5.47. The average molecular weight is 399 g/mol. The summed E-state index contributed by atoms with van der Waals surface area (Å²) in [5, 5.41) is 9.92. The number of hydrogen-bond acceptors (Lipinski definition) is 5. The predicted octanol–water partition coefficient (Wildman–Crippen LogP) is 3.34. The van der Waals surface area contributed by atoms with Gasteiger partial charge in [-0.1, -0.05) is 18.2 Å². The SMILES string of the molecule is Cc1cc(C)nc(NC(=NCC2CCCO2)NC(=S)Nc2ccccc2C)n1. The van der Waals surface area contributed by atoms with E-state index in [1.165, 1.54) is 0 Å². The molecule has 1 aliphatic heterocycles. The summed E-state index contributed by atoms with van der Waals surface area (Å²) in [6, 6.07) is 9.88. The van der Waals surface area contributed by atoms with Crippen LogP contribution in [0.1, 0.15) is 29.8 Å². The molecule has 1 aromatic carbocycles. The van der Waals surface area contributed by atoms with Crippen LogP contribution in [0, 0.1) is 20.8 Å². The molecular weight excluding hydrogens is 372 g/mol. The van der Waals surface area contributed by atoms with E-state index in [2.05, 4.69) is 30.9 Å². The Morgan fingerprint density at radius 3 is 2.61 bits per heavy atom. The van der Waals surface area contributed by atoms with Gasteiger partial charge < -0.3 is 15.4 Å². The number of para-hydroxylation sites is 1. The number of guanidine groups is 1. The minimum Gasteiger partial charge on any atom is -0.376 e. The van der Waals surface area contributed by atoms with E-state index in [4.69, 9.17) is 17.0 Å². The number of nitrogens with one attached hydrogen (secondary N) is 3. The zero-order chi connectivity index (χ0) is 19.9. The highest BCUT2D eigenvalue weighted by Gasteiger charge is 2.16. The lowest BCUT2D eigenvalue weighted by Crippen LogP contribution is -2.39. The van der Waals surface area contributed by atoms with Crippen LogP contribution >= 0.6 is 12.2 Å². The standard InChI is InChI=1S/C20H26N6OS/c1-13-7-4-5-9-17(13)24-20(28)26-18(21-12-16-8-6-10-27-16)25-19-22-14(2)11-15(3)23-19/h4-5,7,9,11,16H,6,8,10,12H2,1-3H3,(H3,21,22,23,24,25,26,28). The number of thiocarbonyl (C=S) groups is 1. The van der Waals surface area contributed by atoms with E-state index in [1.54, 1.807) is 0 Å². The van der Waals surface area contributed by atoms with Gasteiger partial charge in [0.15, 0.2) is 5.11 Å². The quantitative estimate of drug-likeness (QED) is 0.414. The molecule has 0 bridgehead atoms. The third-order valence-electron chi connectivity index (χ3n) is 4.31. The number of aromatic nitrogens is 2. The van der Waals surface area contributed by atoms with Crippen molar-refractivity contribution in [3.05, 3.63) is 47.3 Å². The van der Waals surface area contributed by atoms with Crippen LogP contribution in [0.2, 0.25) is 0 Å². The number of hydrogen-bond donors (Lipinski definition) is 3. The van der Waals surface area contributed by atoms with Crippen molar-refractivity contribution in [2.24, 2.45) is 4.99 Å². The van der Waals surface area contributed by atoms with Gasteiger partial charge in [0.2, 0.25) is 11.9 Å². The highest BCUT2D eigenvalue weighted by molar-refractivity contribution is 7.80. The molecule has 0 spiro atoms. The van der Waals surface area contributed by atoms with E-state index < -0.39 is 0 Å². The first-order valence-electron chi connectivity index (χ1n) is 9.38. The van der Waals surface area contributed by atoms with Gasteiger partial charge in [-0.05, 0) is 63.5 Å². The van der Waals surface area contributed by atoms with Crippen LogP contribution in [0.25, 0.3) is 0 Å². The first kappa shape index (κ1) is 20.2. The molecule has 0 amide bonds. The van der Waals surface area contributed by atoms with E-state index in [0.717, 1.165) is 42.1 Å². The summed E-state index contributed by atoms with van der Waals surface area (Å²) in [4.78, 5) is 13.5. The topological polar surface area (TPSA) is 83.5 Å². The Morgan fingerprint density at radius 2 is 1.93 bits per heavy atom. The fourth-order valence-corrected chi connectivity index (χ4v) is 3.16. The number of ether oxygens (including phenoxy) is 1. The molecule has 1 aromatic heterocycles. The van der Waals surface area contributed by atoms with Gasteiger partial charge >= 0.3 is 0 Å². The van der Waals surface area contributed by atoms with Crippen molar-refractivity contribution in [1.29, 1.82) is 0 Å². The number of anilines is 2. The lowest BCUT2D eigenvalue weighted by atomic mass is 10.2. The Balaban J connectivity index is 1.72. The van der Waals surface area contributed by atoms with Crippen molar-refractivity contribution in [3.63, 3.8) is 0 Å². The molecule has 1 fully saturated rings. The van der Waals surface area contributed by atoms with E-state index in [0.29, 0.717) is 23.6 Å². The summed E-state index contributed by atoms with van der Waals surface area (Å²) < 4.78 is 5.67. The van der Waals surface area contributed by atoms with E-state index in [9.17, 15) is 0 Å². The Labute approximate surface area is 171 Å². The molecule has 8 heteroatoms. The fourth-order valence-electron chi connectivity index (χ4n) is 2.95. The highest BCUT2D eigenvalue weighted by Crippen LogP contribution is 2.14. The molecular formula is C20H26N6OS. The van der Waals surface area contributed by atoms with Crippen LogP contribution < -0.4 is 16.0 Å². The normalized spacial score (nSPS) is 16.7. The van der Waals surface area contributed by atoms with Crippen LogP contribution in [-0.2, 0) is 4.74 Å². The largest absolute Gasteiger partial charge is 0.376 e. The van der Waals surface area contributed by atoms with E-state index in [1.807, 2.05) is 51.1 Å². The molecule has 7 nitrogen and oxygen atoms in total. The van der Waals surface area contributed by atoms with Gasteiger partial charge in [-0.15, -0.1) is 0 Å². The maximum atomic E-state index is 5.67. The Hall–Kier alpha value is -2.58. The summed E-state index contributed by atoms with van der Waals surface area (Å²) in [5.41, 5.74) is 3.82. The molecule has 0 aliphatic carbocycles. The molecule has 3 rings (SSSR count). The van der Waals surface area contributed by atoms with Gasteiger partial charge in [-0.25, -0.2) is 15.0 Å². The molecule has 0 saturated carbocycles. The highest BCUT2D eigenvalue weighted by atomic mass is 32.1. The monoisotopic (exact) mass is 398 g/mol.